The van der Waals surface area contributed by atoms with Gasteiger partial charge in [-0.15, -0.1) is 5.10 Å². The number of aryl methyl sites for hydroxylation is 1. The second-order valence-electron chi connectivity index (χ2n) is 3.82. The monoisotopic (exact) mass is 235 g/mol. The lowest BCUT2D eigenvalue weighted by molar-refractivity contribution is 0.542. The van der Waals surface area contributed by atoms with E-state index in [1.165, 1.54) is 0 Å². The van der Waals surface area contributed by atoms with Crippen molar-refractivity contribution in [3.63, 3.8) is 0 Å². The normalized spacial score (nSPS) is 10.9. The van der Waals surface area contributed by atoms with Crippen molar-refractivity contribution >= 4 is 5.82 Å². The van der Waals surface area contributed by atoms with Gasteiger partial charge in [0, 0.05) is 6.54 Å². The van der Waals surface area contributed by atoms with Gasteiger partial charge in [0.05, 0.1) is 5.69 Å². The zero-order valence-electron chi connectivity index (χ0n) is 10.2. The number of hydrogen-bond donors (Lipinski definition) is 1. The summed E-state index contributed by atoms with van der Waals surface area (Å²) in [5.41, 5.74) is 6.76. The van der Waals surface area contributed by atoms with Crippen LogP contribution in [0.1, 0.15) is 31.8 Å². The lowest BCUT2D eigenvalue weighted by atomic mass is 10.2. The Bertz CT molecular complexity index is 485. The van der Waals surface area contributed by atoms with E-state index in [1.54, 1.807) is 11.0 Å². The number of nitrogen functional groups attached to an aromatic ring is 1. The van der Waals surface area contributed by atoms with Gasteiger partial charge in [-0.1, -0.05) is 18.6 Å². The number of aromatic nitrogens is 6. The van der Waals surface area contributed by atoms with E-state index in [0.717, 1.165) is 30.9 Å². The van der Waals surface area contributed by atoms with Crippen molar-refractivity contribution in [3.05, 3.63) is 17.8 Å². The summed E-state index contributed by atoms with van der Waals surface area (Å²) in [7, 11) is 0. The fraction of sp³-hybridized carbons (Fsp3) is 0.600. The molecule has 0 unspecified atom stereocenters. The zero-order valence-corrected chi connectivity index (χ0v) is 10.2. The Morgan fingerprint density at radius 2 is 2.12 bits per heavy atom. The average molecular weight is 235 g/mol. The van der Waals surface area contributed by atoms with Crippen LogP contribution in [0.4, 0.5) is 5.82 Å². The maximum absolute atomic E-state index is 5.79. The molecule has 0 saturated heterocycles. The van der Waals surface area contributed by atoms with Gasteiger partial charge < -0.3 is 5.73 Å². The molecular weight excluding hydrogens is 218 g/mol. The number of rotatable bonds is 5. The second kappa shape index (κ2) is 4.94. The third-order valence-corrected chi connectivity index (χ3v) is 2.64. The van der Waals surface area contributed by atoms with Crippen LogP contribution in [-0.2, 0) is 19.5 Å². The molecule has 0 amide bonds. The van der Waals surface area contributed by atoms with Crippen molar-refractivity contribution in [3.8, 4) is 0 Å². The van der Waals surface area contributed by atoms with Crippen LogP contribution in [-0.4, -0.2) is 29.8 Å². The minimum Gasteiger partial charge on any atom is -0.381 e. The summed E-state index contributed by atoms with van der Waals surface area (Å²) in [6.07, 6.45) is 3.44. The molecule has 92 valence electrons. The van der Waals surface area contributed by atoms with E-state index in [2.05, 4.69) is 27.3 Å². The first kappa shape index (κ1) is 11.6. The topological polar surface area (TPSA) is 87.4 Å². The molecule has 0 aliphatic carbocycles. The molecule has 7 heteroatoms. The molecule has 17 heavy (non-hydrogen) atoms. The van der Waals surface area contributed by atoms with E-state index in [4.69, 9.17) is 5.73 Å². The third-order valence-electron chi connectivity index (χ3n) is 2.64. The molecule has 0 spiro atoms. The van der Waals surface area contributed by atoms with E-state index in [1.807, 2.05) is 11.6 Å². The maximum Gasteiger partial charge on any atom is 0.169 e. The first-order valence-corrected chi connectivity index (χ1v) is 5.80. The van der Waals surface area contributed by atoms with E-state index >= 15 is 0 Å². The first-order valence-electron chi connectivity index (χ1n) is 5.80. The van der Waals surface area contributed by atoms with Crippen molar-refractivity contribution in [2.45, 2.75) is 39.8 Å². The Balaban J connectivity index is 2.24. The molecule has 2 heterocycles. The summed E-state index contributed by atoms with van der Waals surface area (Å²) in [5, 5.41) is 12.1. The van der Waals surface area contributed by atoms with Crippen LogP contribution in [0, 0.1) is 0 Å². The Hall–Kier alpha value is -1.92. The lowest BCUT2D eigenvalue weighted by Crippen LogP contribution is -2.13. The largest absolute Gasteiger partial charge is 0.381 e. The molecule has 0 fully saturated rings. The standard InChI is InChI=1S/C10H17N7/c1-3-5-8-10(11)14-15-17(8)6-9-12-7-13-16(9)4-2/h7H,3-6,11H2,1-2H3. The predicted molar refractivity (Wildman–Crippen MR) is 63.2 cm³/mol. The van der Waals surface area contributed by atoms with E-state index < -0.39 is 0 Å². The van der Waals surface area contributed by atoms with Crippen LogP contribution in [0.3, 0.4) is 0 Å². The number of nitrogens with zero attached hydrogens (tertiary/aromatic N) is 6. The van der Waals surface area contributed by atoms with Crippen LogP contribution in [0.15, 0.2) is 6.33 Å². The van der Waals surface area contributed by atoms with E-state index in [0.29, 0.717) is 12.4 Å². The van der Waals surface area contributed by atoms with Crippen LogP contribution in [0.25, 0.3) is 0 Å². The zero-order chi connectivity index (χ0) is 12.3. The van der Waals surface area contributed by atoms with Gasteiger partial charge in [-0.2, -0.15) is 5.10 Å². The van der Waals surface area contributed by atoms with E-state index in [-0.39, 0.29) is 0 Å². The quantitative estimate of drug-likeness (QED) is 0.814. The van der Waals surface area contributed by atoms with Gasteiger partial charge in [0.2, 0.25) is 0 Å². The predicted octanol–water partition coefficient (Wildman–Crippen LogP) is 0.472. The Kier molecular flexibility index (Phi) is 3.36. The summed E-state index contributed by atoms with van der Waals surface area (Å²) < 4.78 is 3.64. The molecule has 2 aromatic rings. The molecule has 2 rings (SSSR count). The third kappa shape index (κ3) is 2.27. The highest BCUT2D eigenvalue weighted by Crippen LogP contribution is 2.11. The molecule has 2 N–H and O–H groups in total. The summed E-state index contributed by atoms with van der Waals surface area (Å²) in [4.78, 5) is 4.22. The number of anilines is 1. The fourth-order valence-electron chi connectivity index (χ4n) is 1.78. The Morgan fingerprint density at radius 1 is 1.29 bits per heavy atom. The molecule has 0 atom stereocenters. The average Bonchev–Trinajstić information content (AvgIpc) is 2.90. The molecule has 0 aromatic carbocycles. The number of nitrogens with two attached hydrogens (primary N) is 1. The number of hydrogen-bond acceptors (Lipinski definition) is 5. The molecule has 0 bridgehead atoms. The van der Waals surface area contributed by atoms with Gasteiger partial charge in [-0.25, -0.2) is 14.3 Å². The minimum atomic E-state index is 0.509. The second-order valence-corrected chi connectivity index (χ2v) is 3.82. The summed E-state index contributed by atoms with van der Waals surface area (Å²) >= 11 is 0. The lowest BCUT2D eigenvalue weighted by Gasteiger charge is -2.06. The molecule has 0 aliphatic heterocycles. The van der Waals surface area contributed by atoms with Gasteiger partial charge in [0.1, 0.15) is 18.7 Å². The van der Waals surface area contributed by atoms with Crippen molar-refractivity contribution in [2.75, 3.05) is 5.73 Å². The van der Waals surface area contributed by atoms with Crippen LogP contribution in [0.5, 0.6) is 0 Å². The minimum absolute atomic E-state index is 0.509. The van der Waals surface area contributed by atoms with Crippen LogP contribution in [0.2, 0.25) is 0 Å². The maximum atomic E-state index is 5.79. The van der Waals surface area contributed by atoms with Crippen molar-refractivity contribution < 1.29 is 0 Å². The Morgan fingerprint density at radius 3 is 2.82 bits per heavy atom. The molecular formula is C10H17N7. The van der Waals surface area contributed by atoms with Crippen LogP contribution >= 0.6 is 0 Å². The summed E-state index contributed by atoms with van der Waals surface area (Å²) in [5.74, 6) is 1.38. The Labute approximate surface area is 99.6 Å². The summed E-state index contributed by atoms with van der Waals surface area (Å²) in [6.45, 7) is 5.49. The molecule has 0 saturated carbocycles. The summed E-state index contributed by atoms with van der Waals surface area (Å²) in [6, 6.07) is 0. The van der Waals surface area contributed by atoms with Crippen LogP contribution < -0.4 is 5.73 Å². The first-order chi connectivity index (χ1) is 8.26. The van der Waals surface area contributed by atoms with Gasteiger partial charge in [0.25, 0.3) is 0 Å². The van der Waals surface area contributed by atoms with Gasteiger partial charge in [0.15, 0.2) is 5.82 Å². The van der Waals surface area contributed by atoms with Crippen molar-refractivity contribution in [1.82, 2.24) is 29.8 Å². The van der Waals surface area contributed by atoms with Crippen molar-refractivity contribution in [2.24, 2.45) is 0 Å². The highest BCUT2D eigenvalue weighted by atomic mass is 15.5. The molecule has 0 radical (unpaired) electrons. The molecule has 2 aromatic heterocycles. The highest BCUT2D eigenvalue weighted by molar-refractivity contribution is 5.33. The van der Waals surface area contributed by atoms with Gasteiger partial charge >= 0.3 is 0 Å². The van der Waals surface area contributed by atoms with Gasteiger partial charge in [-0.05, 0) is 13.3 Å². The smallest absolute Gasteiger partial charge is 0.169 e. The highest BCUT2D eigenvalue weighted by Gasteiger charge is 2.12. The van der Waals surface area contributed by atoms with Crippen molar-refractivity contribution in [1.29, 1.82) is 0 Å². The SMILES string of the molecule is CCCc1c(N)nnn1Cc1ncnn1CC. The van der Waals surface area contributed by atoms with Gasteiger partial charge in [-0.3, -0.25) is 0 Å². The van der Waals surface area contributed by atoms with E-state index in [9.17, 15) is 0 Å². The molecule has 0 aliphatic rings. The fourth-order valence-corrected chi connectivity index (χ4v) is 1.78. The molecule has 7 nitrogen and oxygen atoms in total.